The van der Waals surface area contributed by atoms with Crippen LogP contribution in [0.4, 0.5) is 35.1 Å². The van der Waals surface area contributed by atoms with Crippen LogP contribution in [-0.4, -0.2) is 12.4 Å². The summed E-state index contributed by atoms with van der Waals surface area (Å²) in [6.07, 6.45) is -12.2. The topological polar surface area (TPSA) is 0 Å². The summed E-state index contributed by atoms with van der Waals surface area (Å²) in [5.41, 5.74) is -4.94. The van der Waals surface area contributed by atoms with Crippen molar-refractivity contribution < 1.29 is 35.1 Å². The predicted molar refractivity (Wildman–Crippen MR) is 44.3 cm³/mol. The maximum atomic E-state index is 13.0. The van der Waals surface area contributed by atoms with Crippen LogP contribution in [0.15, 0.2) is 23.8 Å². The largest absolute Gasteiger partial charge is 0.413 e. The van der Waals surface area contributed by atoms with Crippen LogP contribution in [0, 0.1) is 5.41 Å². The van der Waals surface area contributed by atoms with Gasteiger partial charge in [0, 0.05) is 0 Å². The Hall–Kier alpha value is -1.08. The third-order valence-electron chi connectivity index (χ3n) is 1.96. The zero-order valence-electron chi connectivity index (χ0n) is 8.68. The van der Waals surface area contributed by atoms with Gasteiger partial charge in [-0.1, -0.05) is 12.2 Å². The van der Waals surface area contributed by atoms with E-state index in [9.17, 15) is 35.1 Å². The molecular weight excluding hydrogens is 260 g/mol. The maximum absolute atomic E-state index is 13.0. The number of hydrogen-bond acceptors (Lipinski definition) is 0. The molecule has 0 N–H and O–H groups in total. The van der Waals surface area contributed by atoms with Crippen LogP contribution < -0.4 is 0 Å². The first-order valence-electron chi connectivity index (χ1n) is 4.21. The molecule has 0 rings (SSSR count). The standard InChI is InChI=1S/C9H8F8/c1-3-4-7(8(12,13)14,9(15,16)17)6(11)5(2)10/h3-4H,1-2H3/b4-3+,6-5+. The van der Waals surface area contributed by atoms with Gasteiger partial charge in [-0.25, -0.2) is 8.78 Å². The van der Waals surface area contributed by atoms with Gasteiger partial charge in [-0.2, -0.15) is 26.3 Å². The third kappa shape index (κ3) is 2.61. The SMILES string of the molecule is C/C=C/C(/C(F)=C(/C)F)(C(F)(F)F)C(F)(F)F. The molecule has 0 amide bonds. The Morgan fingerprint density at radius 3 is 1.41 bits per heavy atom. The van der Waals surface area contributed by atoms with Crippen LogP contribution in [0.3, 0.4) is 0 Å². The zero-order chi connectivity index (χ0) is 14.1. The molecule has 0 saturated carbocycles. The first-order valence-corrected chi connectivity index (χ1v) is 4.21. The third-order valence-corrected chi connectivity index (χ3v) is 1.96. The van der Waals surface area contributed by atoms with Crippen molar-refractivity contribution in [2.45, 2.75) is 26.2 Å². The van der Waals surface area contributed by atoms with Gasteiger partial charge < -0.3 is 0 Å². The smallest absolute Gasteiger partial charge is 0.209 e. The van der Waals surface area contributed by atoms with Crippen LogP contribution in [0.2, 0.25) is 0 Å². The number of allylic oxidation sites excluding steroid dienone is 4. The number of halogens is 8. The molecule has 0 unspecified atom stereocenters. The fourth-order valence-corrected chi connectivity index (χ4v) is 1.19. The lowest BCUT2D eigenvalue weighted by Crippen LogP contribution is -2.49. The van der Waals surface area contributed by atoms with Crippen molar-refractivity contribution in [2.24, 2.45) is 5.41 Å². The average molecular weight is 268 g/mol. The molecule has 0 aromatic carbocycles. The highest BCUT2D eigenvalue weighted by atomic mass is 19.4. The highest BCUT2D eigenvalue weighted by Gasteiger charge is 2.72. The lowest BCUT2D eigenvalue weighted by Gasteiger charge is -2.33. The second kappa shape index (κ2) is 4.66. The van der Waals surface area contributed by atoms with Gasteiger partial charge in [-0.15, -0.1) is 0 Å². The monoisotopic (exact) mass is 268 g/mol. The molecule has 0 radical (unpaired) electrons. The molecule has 17 heavy (non-hydrogen) atoms. The molecule has 0 spiro atoms. The van der Waals surface area contributed by atoms with Crippen molar-refractivity contribution in [3.05, 3.63) is 23.8 Å². The van der Waals surface area contributed by atoms with Crippen molar-refractivity contribution in [1.82, 2.24) is 0 Å². The minimum absolute atomic E-state index is 0.186. The Balaban J connectivity index is 6.26. The van der Waals surface area contributed by atoms with Gasteiger partial charge in [0.25, 0.3) is 0 Å². The second-order valence-electron chi connectivity index (χ2n) is 3.15. The van der Waals surface area contributed by atoms with E-state index in [1.54, 1.807) is 0 Å². The van der Waals surface area contributed by atoms with Crippen LogP contribution in [0.25, 0.3) is 0 Å². The molecule has 0 aliphatic carbocycles. The summed E-state index contributed by atoms with van der Waals surface area (Å²) in [6, 6.07) is 0. The van der Waals surface area contributed by atoms with E-state index in [4.69, 9.17) is 0 Å². The van der Waals surface area contributed by atoms with E-state index >= 15 is 0 Å². The van der Waals surface area contributed by atoms with E-state index in [1.165, 1.54) is 0 Å². The van der Waals surface area contributed by atoms with Crippen molar-refractivity contribution in [2.75, 3.05) is 0 Å². The van der Waals surface area contributed by atoms with E-state index in [-0.39, 0.29) is 6.92 Å². The molecular formula is C9H8F8. The lowest BCUT2D eigenvalue weighted by molar-refractivity contribution is -0.312. The number of hydrogen-bond donors (Lipinski definition) is 0. The van der Waals surface area contributed by atoms with Crippen LogP contribution in [0.5, 0.6) is 0 Å². The zero-order valence-corrected chi connectivity index (χ0v) is 8.68. The lowest BCUT2D eigenvalue weighted by atomic mass is 9.83. The summed E-state index contributed by atoms with van der Waals surface area (Å²) < 4.78 is 100. The Morgan fingerprint density at radius 1 is 0.882 bits per heavy atom. The molecule has 0 saturated heterocycles. The molecule has 0 aliphatic heterocycles. The summed E-state index contributed by atoms with van der Waals surface area (Å²) in [5.74, 6) is -5.08. The Kier molecular flexibility index (Phi) is 4.36. The molecule has 0 fully saturated rings. The molecule has 0 nitrogen and oxygen atoms in total. The Morgan fingerprint density at radius 2 is 1.24 bits per heavy atom. The normalized spacial score (nSPS) is 16.4. The number of rotatable bonds is 2. The van der Waals surface area contributed by atoms with Gasteiger partial charge in [0.2, 0.25) is 5.41 Å². The summed E-state index contributed by atoms with van der Waals surface area (Å²) >= 11 is 0. The molecule has 0 atom stereocenters. The first-order chi connectivity index (χ1) is 7.41. The maximum Gasteiger partial charge on any atom is 0.413 e. The Bertz CT molecular complexity index is 312. The van der Waals surface area contributed by atoms with Gasteiger partial charge in [-0.05, 0) is 13.8 Å². The van der Waals surface area contributed by atoms with Crippen molar-refractivity contribution in [3.8, 4) is 0 Å². The van der Waals surface area contributed by atoms with Gasteiger partial charge in [0.05, 0.1) is 0 Å². The van der Waals surface area contributed by atoms with Crippen molar-refractivity contribution >= 4 is 0 Å². The van der Waals surface area contributed by atoms with E-state index in [1.807, 2.05) is 0 Å². The molecule has 100 valence electrons. The molecule has 0 aliphatic rings. The molecule has 8 heteroatoms. The van der Waals surface area contributed by atoms with E-state index in [2.05, 4.69) is 0 Å². The van der Waals surface area contributed by atoms with Gasteiger partial charge in [0.15, 0.2) is 5.83 Å². The highest BCUT2D eigenvalue weighted by Crippen LogP contribution is 2.57. The van der Waals surface area contributed by atoms with E-state index in [0.29, 0.717) is 6.08 Å². The fourth-order valence-electron chi connectivity index (χ4n) is 1.19. The summed E-state index contributed by atoms with van der Waals surface area (Å²) in [5, 5.41) is 0. The second-order valence-corrected chi connectivity index (χ2v) is 3.15. The summed E-state index contributed by atoms with van der Waals surface area (Å²) in [4.78, 5) is 0. The van der Waals surface area contributed by atoms with Gasteiger partial charge in [-0.3, -0.25) is 0 Å². The number of alkyl halides is 6. The van der Waals surface area contributed by atoms with E-state index < -0.39 is 35.5 Å². The van der Waals surface area contributed by atoms with Gasteiger partial charge in [0.1, 0.15) is 5.83 Å². The summed E-state index contributed by atoms with van der Waals surface area (Å²) in [6.45, 7) is 1.03. The van der Waals surface area contributed by atoms with Crippen molar-refractivity contribution in [1.29, 1.82) is 0 Å². The minimum atomic E-state index is -6.03. The van der Waals surface area contributed by atoms with Crippen LogP contribution in [-0.2, 0) is 0 Å². The quantitative estimate of drug-likeness (QED) is 0.496. The van der Waals surface area contributed by atoms with Crippen LogP contribution >= 0.6 is 0 Å². The van der Waals surface area contributed by atoms with Crippen LogP contribution in [0.1, 0.15) is 13.8 Å². The average Bonchev–Trinajstić information content (AvgIpc) is 2.08. The molecule has 0 aromatic heterocycles. The molecule has 0 aromatic rings. The Labute approximate surface area is 91.6 Å². The predicted octanol–water partition coefficient (Wildman–Crippen LogP) is 4.84. The molecule has 0 bridgehead atoms. The van der Waals surface area contributed by atoms with Gasteiger partial charge >= 0.3 is 12.4 Å². The first kappa shape index (κ1) is 15.9. The molecule has 0 heterocycles. The van der Waals surface area contributed by atoms with E-state index in [0.717, 1.165) is 6.92 Å². The fraction of sp³-hybridized carbons (Fsp3) is 0.556. The van der Waals surface area contributed by atoms with Crippen molar-refractivity contribution in [3.63, 3.8) is 0 Å². The highest BCUT2D eigenvalue weighted by molar-refractivity contribution is 5.25. The minimum Gasteiger partial charge on any atom is -0.209 e. The summed E-state index contributed by atoms with van der Waals surface area (Å²) in [7, 11) is 0.